The number of carbonyl (C=O) groups excluding carboxylic acids is 1. The zero-order valence-corrected chi connectivity index (χ0v) is 9.59. The highest BCUT2D eigenvalue weighted by atomic mass is 79.9. The molecule has 0 saturated heterocycles. The molecule has 14 heavy (non-hydrogen) atoms. The topological polar surface area (TPSA) is 52.3 Å². The van der Waals surface area contributed by atoms with Crippen molar-refractivity contribution in [1.82, 2.24) is 0 Å². The van der Waals surface area contributed by atoms with Crippen molar-refractivity contribution < 1.29 is 9.08 Å². The molecule has 0 aromatic heterocycles. The monoisotopic (exact) mass is 277 g/mol. The third-order valence-electron chi connectivity index (χ3n) is 1.72. The fourth-order valence-corrected chi connectivity index (χ4v) is 1.62. The molecule has 1 rings (SSSR count). The van der Waals surface area contributed by atoms with Crippen molar-refractivity contribution in [2.45, 2.75) is 12.5 Å². The summed E-state index contributed by atoms with van der Waals surface area (Å²) in [6.45, 7) is 0. The molecule has 0 amide bonds. The quantitative estimate of drug-likeness (QED) is 0.920. The summed E-state index contributed by atoms with van der Waals surface area (Å²) in [6, 6.07) is 6.82. The third kappa shape index (κ3) is 3.29. The summed E-state index contributed by atoms with van der Waals surface area (Å²) in [5.74, 6) is -0.619. The van der Waals surface area contributed by atoms with Crippen LogP contribution in [0, 0.1) is 0 Å². The zero-order valence-electron chi connectivity index (χ0n) is 7.24. The van der Waals surface area contributed by atoms with E-state index < -0.39 is 12.0 Å². The lowest BCUT2D eigenvalue weighted by Gasteiger charge is -2.07. The second-order valence-electron chi connectivity index (χ2n) is 2.84. The molecular formula is C9H9BrClNO2. The number of nitrogens with two attached hydrogens (primary N) is 1. The minimum absolute atomic E-state index is 0.408. The van der Waals surface area contributed by atoms with Gasteiger partial charge in [0.1, 0.15) is 17.9 Å². The largest absolute Gasteiger partial charge is 0.346 e. The first-order chi connectivity index (χ1) is 6.63. The summed E-state index contributed by atoms with van der Waals surface area (Å²) < 4.78 is 4.96. The van der Waals surface area contributed by atoms with Gasteiger partial charge in [0.2, 0.25) is 0 Å². The van der Waals surface area contributed by atoms with Crippen LogP contribution in [0.25, 0.3) is 0 Å². The van der Waals surface area contributed by atoms with E-state index in [1.54, 1.807) is 0 Å². The minimum Gasteiger partial charge on any atom is -0.346 e. The molecule has 0 aliphatic rings. The highest BCUT2D eigenvalue weighted by Gasteiger charge is 2.15. The zero-order chi connectivity index (χ0) is 10.6. The van der Waals surface area contributed by atoms with Crippen LogP contribution in [0.1, 0.15) is 5.56 Å². The van der Waals surface area contributed by atoms with Gasteiger partial charge in [0, 0.05) is 4.47 Å². The first-order valence-corrected chi connectivity index (χ1v) is 5.06. The predicted octanol–water partition coefficient (Wildman–Crippen LogP) is 2.02. The lowest BCUT2D eigenvalue weighted by atomic mass is 10.1. The molecule has 0 saturated carbocycles. The number of carbonyl (C=O) groups is 1. The van der Waals surface area contributed by atoms with Gasteiger partial charge in [0.05, 0.1) is 0 Å². The maximum absolute atomic E-state index is 10.9. The highest BCUT2D eigenvalue weighted by Crippen LogP contribution is 2.13. The van der Waals surface area contributed by atoms with Crippen molar-refractivity contribution in [2.24, 2.45) is 5.73 Å². The van der Waals surface area contributed by atoms with Gasteiger partial charge >= 0.3 is 5.97 Å². The van der Waals surface area contributed by atoms with Crippen LogP contribution >= 0.6 is 27.8 Å². The summed E-state index contributed by atoms with van der Waals surface area (Å²) in [5, 5.41) is 0. The highest BCUT2D eigenvalue weighted by molar-refractivity contribution is 9.10. The van der Waals surface area contributed by atoms with Crippen LogP contribution in [0.4, 0.5) is 0 Å². The number of hydrogen-bond acceptors (Lipinski definition) is 3. The van der Waals surface area contributed by atoms with Crippen molar-refractivity contribution >= 4 is 33.8 Å². The third-order valence-corrected chi connectivity index (χ3v) is 2.37. The van der Waals surface area contributed by atoms with E-state index >= 15 is 0 Å². The van der Waals surface area contributed by atoms with Gasteiger partial charge in [0.15, 0.2) is 0 Å². The number of hydrogen-bond donors (Lipinski definition) is 1. The van der Waals surface area contributed by atoms with E-state index in [1.807, 2.05) is 24.3 Å². The smallest absolute Gasteiger partial charge is 0.341 e. The standard InChI is InChI=1S/C9H9BrClNO2/c10-7-3-1-2-6(4-7)5-8(12)9(13)14-11/h1-4,8H,5,12H2/t8-/m0/s1. The van der Waals surface area contributed by atoms with Crippen molar-refractivity contribution in [2.75, 3.05) is 0 Å². The van der Waals surface area contributed by atoms with E-state index in [1.165, 1.54) is 0 Å². The van der Waals surface area contributed by atoms with Crippen molar-refractivity contribution in [1.29, 1.82) is 0 Å². The number of benzene rings is 1. The Hall–Kier alpha value is -0.580. The lowest BCUT2D eigenvalue weighted by Crippen LogP contribution is -2.32. The van der Waals surface area contributed by atoms with Gasteiger partial charge < -0.3 is 10.0 Å². The van der Waals surface area contributed by atoms with Gasteiger partial charge in [-0.2, -0.15) is 0 Å². The van der Waals surface area contributed by atoms with Crippen molar-refractivity contribution in [3.63, 3.8) is 0 Å². The summed E-state index contributed by atoms with van der Waals surface area (Å²) >= 11 is 8.23. The number of rotatable bonds is 3. The average Bonchev–Trinajstić information content (AvgIpc) is 2.16. The number of halogens is 2. The Kier molecular flexibility index (Phi) is 4.38. The van der Waals surface area contributed by atoms with Gasteiger partial charge in [0.25, 0.3) is 0 Å². The van der Waals surface area contributed by atoms with E-state index in [0.29, 0.717) is 6.42 Å². The summed E-state index contributed by atoms with van der Waals surface area (Å²) in [7, 11) is 0. The Morgan fingerprint density at radius 1 is 1.64 bits per heavy atom. The molecule has 1 atom stereocenters. The van der Waals surface area contributed by atoms with Crippen LogP contribution in [0.15, 0.2) is 28.7 Å². The SMILES string of the molecule is N[C@@H](Cc1cccc(Br)c1)C(=O)OCl. The molecule has 76 valence electrons. The molecule has 1 aromatic rings. The van der Waals surface area contributed by atoms with Gasteiger partial charge in [-0.3, -0.25) is 0 Å². The molecule has 0 heterocycles. The summed E-state index contributed by atoms with van der Waals surface area (Å²) in [6.07, 6.45) is 0.408. The van der Waals surface area contributed by atoms with Gasteiger partial charge in [-0.25, -0.2) is 4.79 Å². The molecule has 0 spiro atoms. The maximum Gasteiger partial charge on any atom is 0.341 e. The van der Waals surface area contributed by atoms with Gasteiger partial charge in [-0.1, -0.05) is 28.1 Å². The van der Waals surface area contributed by atoms with E-state index in [2.05, 4.69) is 20.2 Å². The fourth-order valence-electron chi connectivity index (χ4n) is 1.06. The van der Waals surface area contributed by atoms with E-state index in [-0.39, 0.29) is 0 Å². The van der Waals surface area contributed by atoms with Gasteiger partial charge in [-0.05, 0) is 24.1 Å². The van der Waals surface area contributed by atoms with Crippen LogP contribution in [0.3, 0.4) is 0 Å². The second kappa shape index (κ2) is 5.34. The van der Waals surface area contributed by atoms with E-state index in [4.69, 9.17) is 17.6 Å². The summed E-state index contributed by atoms with van der Waals surface area (Å²) in [4.78, 5) is 10.9. The Labute approximate surface area is 95.5 Å². The Morgan fingerprint density at radius 3 is 2.93 bits per heavy atom. The fraction of sp³-hybridized carbons (Fsp3) is 0.222. The van der Waals surface area contributed by atoms with Crippen molar-refractivity contribution in [3.8, 4) is 0 Å². The maximum atomic E-state index is 10.9. The van der Waals surface area contributed by atoms with Gasteiger partial charge in [-0.15, -0.1) is 0 Å². The van der Waals surface area contributed by atoms with Crippen LogP contribution in [0.5, 0.6) is 0 Å². The molecule has 3 nitrogen and oxygen atoms in total. The molecule has 0 radical (unpaired) electrons. The lowest BCUT2D eigenvalue weighted by molar-refractivity contribution is -0.135. The van der Waals surface area contributed by atoms with Crippen LogP contribution < -0.4 is 5.73 Å². The molecule has 0 bridgehead atoms. The molecule has 0 aliphatic heterocycles. The first kappa shape index (κ1) is 11.5. The molecule has 2 N–H and O–H groups in total. The van der Waals surface area contributed by atoms with Crippen molar-refractivity contribution in [3.05, 3.63) is 34.3 Å². The molecular weight excluding hydrogens is 269 g/mol. The normalized spacial score (nSPS) is 12.2. The molecule has 0 fully saturated rings. The van der Waals surface area contributed by atoms with Crippen LogP contribution in [-0.2, 0) is 15.5 Å². The van der Waals surface area contributed by atoms with E-state index in [9.17, 15) is 4.79 Å². The van der Waals surface area contributed by atoms with Crippen LogP contribution in [-0.4, -0.2) is 12.0 Å². The Balaban J connectivity index is 2.64. The minimum atomic E-state index is -0.721. The first-order valence-electron chi connectivity index (χ1n) is 3.96. The Morgan fingerprint density at radius 2 is 2.36 bits per heavy atom. The second-order valence-corrected chi connectivity index (χ2v) is 3.91. The molecule has 0 unspecified atom stereocenters. The summed E-state index contributed by atoms with van der Waals surface area (Å²) in [5.41, 5.74) is 6.49. The Bertz CT molecular complexity index is 332. The molecule has 0 aliphatic carbocycles. The molecule has 5 heteroatoms. The van der Waals surface area contributed by atoms with E-state index in [0.717, 1.165) is 10.0 Å². The predicted molar refractivity (Wildman–Crippen MR) is 57.8 cm³/mol. The molecule has 1 aromatic carbocycles. The van der Waals surface area contributed by atoms with Crippen LogP contribution in [0.2, 0.25) is 0 Å². The average molecular weight is 279 g/mol.